The maximum atomic E-state index is 4.31. The van der Waals surface area contributed by atoms with Gasteiger partial charge in [-0.15, -0.1) is 5.10 Å². The van der Waals surface area contributed by atoms with Crippen LogP contribution in [0.5, 0.6) is 0 Å². The number of nitrogens with zero attached hydrogens (tertiary/aromatic N) is 5. The molecule has 0 amide bonds. The average Bonchev–Trinajstić information content (AvgIpc) is 3.24. The first-order valence-corrected chi connectivity index (χ1v) is 7.52. The van der Waals surface area contributed by atoms with Crippen LogP contribution < -0.4 is 10.7 Å². The highest BCUT2D eigenvalue weighted by molar-refractivity contribution is 5.83. The summed E-state index contributed by atoms with van der Waals surface area (Å²) < 4.78 is 0. The third kappa shape index (κ3) is 2.87. The summed E-state index contributed by atoms with van der Waals surface area (Å²) in [5.74, 6) is 0. The lowest BCUT2D eigenvalue weighted by atomic mass is 10.2. The van der Waals surface area contributed by atoms with Gasteiger partial charge in [0, 0.05) is 17.3 Å². The molecule has 5 heteroatoms. The molecule has 1 aromatic heterocycles. The van der Waals surface area contributed by atoms with E-state index in [4.69, 9.17) is 0 Å². The number of aromatic nitrogens is 1. The van der Waals surface area contributed by atoms with E-state index < -0.39 is 0 Å². The Balaban J connectivity index is 2.08. The van der Waals surface area contributed by atoms with Gasteiger partial charge in [0.05, 0.1) is 24.0 Å². The zero-order valence-electron chi connectivity index (χ0n) is 12.7. The summed E-state index contributed by atoms with van der Waals surface area (Å²) in [4.78, 5) is 4.31. The molecule has 3 heterocycles. The fourth-order valence-corrected chi connectivity index (χ4v) is 2.44. The fourth-order valence-electron chi connectivity index (χ4n) is 2.44. The van der Waals surface area contributed by atoms with Crippen molar-refractivity contribution in [3.63, 3.8) is 0 Å². The minimum atomic E-state index is 0.728. The summed E-state index contributed by atoms with van der Waals surface area (Å²) in [7, 11) is 0. The van der Waals surface area contributed by atoms with Gasteiger partial charge in [-0.3, -0.25) is 4.98 Å². The molecule has 2 aromatic rings. The lowest BCUT2D eigenvalue weighted by Gasteiger charge is -1.90. The van der Waals surface area contributed by atoms with Gasteiger partial charge in [0.1, 0.15) is 5.36 Å². The third-order valence-corrected chi connectivity index (χ3v) is 3.71. The van der Waals surface area contributed by atoms with Crippen LogP contribution in [-0.2, 0) is 0 Å². The molecule has 2 aliphatic heterocycles. The Morgan fingerprint density at radius 1 is 0.583 bits per heavy atom. The number of benzene rings is 1. The first kappa shape index (κ1) is 14.1. The monoisotopic (exact) mass is 311 g/mol. The minimum absolute atomic E-state index is 0.728. The minimum Gasteiger partial charge on any atom is -0.262 e. The molecule has 0 bridgehead atoms. The molecule has 0 unspecified atom stereocenters. The molecule has 5 nitrogen and oxygen atoms in total. The number of fused-ring (bicyclic) bond motifs is 3. The number of rotatable bonds is 0. The van der Waals surface area contributed by atoms with E-state index in [0.717, 1.165) is 32.6 Å². The predicted octanol–water partition coefficient (Wildman–Crippen LogP) is 2.42. The number of hydrogen-bond donors (Lipinski definition) is 0. The van der Waals surface area contributed by atoms with Gasteiger partial charge in [-0.05, 0) is 22.9 Å². The lowest BCUT2D eigenvalue weighted by Crippen LogP contribution is -2.03. The highest BCUT2D eigenvalue weighted by Crippen LogP contribution is 2.08. The molecular formula is C19H13N5. The van der Waals surface area contributed by atoms with Gasteiger partial charge in [0.15, 0.2) is 0 Å². The molecule has 0 radical (unpaired) electrons. The van der Waals surface area contributed by atoms with Gasteiger partial charge in [0.25, 0.3) is 0 Å². The molecule has 24 heavy (non-hydrogen) atoms. The van der Waals surface area contributed by atoms with E-state index in [2.05, 4.69) is 31.5 Å². The molecule has 0 N–H and O–H groups in total. The molecular weight excluding hydrogens is 298 g/mol. The van der Waals surface area contributed by atoms with Crippen LogP contribution in [0.25, 0.3) is 10.8 Å². The molecule has 0 fully saturated rings. The lowest BCUT2D eigenvalue weighted by molar-refractivity contribution is 1.16. The Morgan fingerprint density at radius 3 is 2.04 bits per heavy atom. The standard InChI is InChI=1S/C19H13N5/c1-2-4-15-9-10-20-13-19-17(12-22-24-19)6-5-16-11-21-23-18(16)8-7-14(15)3-1/h1-13H. The van der Waals surface area contributed by atoms with Crippen LogP contribution >= 0.6 is 0 Å². The Hall–Kier alpha value is -3.47. The molecule has 114 valence electrons. The van der Waals surface area contributed by atoms with Crippen molar-refractivity contribution in [2.45, 2.75) is 0 Å². The maximum absolute atomic E-state index is 4.31. The summed E-state index contributed by atoms with van der Waals surface area (Å²) in [5.41, 5.74) is 1.85. The highest BCUT2D eigenvalue weighted by Gasteiger charge is 1.98. The summed E-state index contributed by atoms with van der Waals surface area (Å²) in [6, 6.07) is 18.0. The van der Waals surface area contributed by atoms with E-state index >= 15 is 0 Å². The van der Waals surface area contributed by atoms with Crippen LogP contribution in [0.3, 0.4) is 0 Å². The van der Waals surface area contributed by atoms with Gasteiger partial charge in [-0.2, -0.15) is 15.3 Å². The average molecular weight is 311 g/mol. The maximum Gasteiger partial charge on any atom is 0.113 e. The first-order valence-electron chi connectivity index (χ1n) is 7.52. The molecule has 0 aliphatic carbocycles. The second-order valence-corrected chi connectivity index (χ2v) is 5.26. The zero-order chi connectivity index (χ0) is 16.2. The smallest absolute Gasteiger partial charge is 0.113 e. The van der Waals surface area contributed by atoms with Crippen molar-refractivity contribution in [1.82, 2.24) is 4.98 Å². The first-order chi connectivity index (χ1) is 11.9. The Bertz CT molecular complexity index is 1110. The van der Waals surface area contributed by atoms with E-state index in [1.165, 1.54) is 0 Å². The van der Waals surface area contributed by atoms with Crippen molar-refractivity contribution in [2.75, 3.05) is 0 Å². The van der Waals surface area contributed by atoms with Crippen molar-refractivity contribution in [1.29, 1.82) is 0 Å². The second kappa shape index (κ2) is 6.34. The van der Waals surface area contributed by atoms with Gasteiger partial charge in [-0.1, -0.05) is 42.5 Å². The van der Waals surface area contributed by atoms with Crippen molar-refractivity contribution in [3.8, 4) is 0 Å². The summed E-state index contributed by atoms with van der Waals surface area (Å²) in [6.07, 6.45) is 6.91. The molecule has 2 aliphatic rings. The normalized spacial score (nSPS) is 12.5. The largest absolute Gasteiger partial charge is 0.262 e. The van der Waals surface area contributed by atoms with Gasteiger partial charge < -0.3 is 0 Å². The summed E-state index contributed by atoms with van der Waals surface area (Å²) in [6.45, 7) is 0. The third-order valence-electron chi connectivity index (χ3n) is 3.71. The Morgan fingerprint density at radius 2 is 1.25 bits per heavy atom. The van der Waals surface area contributed by atoms with Crippen LogP contribution in [-0.4, -0.2) is 17.4 Å². The van der Waals surface area contributed by atoms with E-state index in [0.29, 0.717) is 0 Å². The number of hydrogen-bond acceptors (Lipinski definition) is 5. The molecule has 0 spiro atoms. The molecule has 0 atom stereocenters. The summed E-state index contributed by atoms with van der Waals surface area (Å²) in [5, 5.41) is 19.9. The van der Waals surface area contributed by atoms with Crippen LogP contribution in [0, 0.1) is 0 Å². The topological polar surface area (TPSA) is 62.3 Å². The van der Waals surface area contributed by atoms with E-state index in [1.54, 1.807) is 24.8 Å². The second-order valence-electron chi connectivity index (χ2n) is 5.26. The quantitative estimate of drug-likeness (QED) is 0.737. The van der Waals surface area contributed by atoms with Crippen LogP contribution in [0.4, 0.5) is 0 Å². The van der Waals surface area contributed by atoms with Crippen LogP contribution in [0.15, 0.2) is 87.4 Å². The van der Waals surface area contributed by atoms with Gasteiger partial charge >= 0.3 is 0 Å². The fraction of sp³-hybridized carbons (Fsp3) is 0. The van der Waals surface area contributed by atoms with Crippen molar-refractivity contribution in [3.05, 3.63) is 88.8 Å². The molecule has 0 saturated carbocycles. The molecule has 4 rings (SSSR count). The SMILES string of the molecule is C1=NN=c2ccc3ccccc3ccncc3c(ccc21)C=NN=3. The van der Waals surface area contributed by atoms with Crippen molar-refractivity contribution < 1.29 is 0 Å². The van der Waals surface area contributed by atoms with E-state index in [-0.39, 0.29) is 0 Å². The predicted molar refractivity (Wildman–Crippen MR) is 94.5 cm³/mol. The highest BCUT2D eigenvalue weighted by atomic mass is 15.2. The van der Waals surface area contributed by atoms with Crippen molar-refractivity contribution >= 4 is 23.2 Å². The van der Waals surface area contributed by atoms with Crippen molar-refractivity contribution in [2.24, 2.45) is 20.4 Å². The van der Waals surface area contributed by atoms with Gasteiger partial charge in [-0.25, -0.2) is 0 Å². The summed E-state index contributed by atoms with van der Waals surface area (Å²) >= 11 is 0. The van der Waals surface area contributed by atoms with E-state index in [1.807, 2.05) is 48.5 Å². The van der Waals surface area contributed by atoms with Crippen LogP contribution in [0.2, 0.25) is 0 Å². The Kier molecular flexibility index (Phi) is 3.73. The molecule has 0 saturated heterocycles. The zero-order valence-corrected chi connectivity index (χ0v) is 12.7. The molecule has 1 aromatic carbocycles. The van der Waals surface area contributed by atoms with Gasteiger partial charge in [0.2, 0.25) is 0 Å². The van der Waals surface area contributed by atoms with E-state index in [9.17, 15) is 0 Å². The Labute approximate surface area is 138 Å². The van der Waals surface area contributed by atoms with Crippen LogP contribution in [0.1, 0.15) is 11.1 Å².